The Morgan fingerprint density at radius 1 is 1.12 bits per heavy atom. The topological polar surface area (TPSA) is 93.8 Å². The monoisotopic (exact) mass is 372 g/mol. The molecule has 0 saturated heterocycles. The number of aromatic nitrogens is 4. The van der Waals surface area contributed by atoms with Gasteiger partial charge in [-0.25, -0.2) is 0 Å². The molecular weight excluding hydrogens is 356 g/mol. The summed E-state index contributed by atoms with van der Waals surface area (Å²) in [4.78, 5) is 24.0. The van der Waals surface area contributed by atoms with Crippen LogP contribution >= 0.6 is 11.6 Å². The summed E-state index contributed by atoms with van der Waals surface area (Å²) in [7, 11) is 1.75. The largest absolute Gasteiger partial charge is 0.326 e. The third-order valence-electron chi connectivity index (χ3n) is 3.54. The van der Waals surface area contributed by atoms with E-state index in [0.717, 1.165) is 0 Å². The van der Waals surface area contributed by atoms with E-state index in [1.807, 2.05) is 0 Å². The molecule has 134 valence electrons. The minimum atomic E-state index is -0.291. The van der Waals surface area contributed by atoms with E-state index < -0.39 is 0 Å². The van der Waals surface area contributed by atoms with Crippen molar-refractivity contribution >= 4 is 34.8 Å². The van der Waals surface area contributed by atoms with Gasteiger partial charge >= 0.3 is 0 Å². The molecule has 0 unspecified atom stereocenters. The summed E-state index contributed by atoms with van der Waals surface area (Å²) < 4.78 is 3.17. The minimum absolute atomic E-state index is 0.137. The second-order valence-electron chi connectivity index (χ2n) is 5.63. The molecule has 0 bridgehead atoms. The molecule has 0 atom stereocenters. The fraction of sp³-hybridized carbons (Fsp3) is 0.176. The van der Waals surface area contributed by atoms with Crippen molar-refractivity contribution in [3.63, 3.8) is 0 Å². The first-order valence-electron chi connectivity index (χ1n) is 7.88. The molecule has 2 aromatic heterocycles. The number of hydrogen-bond acceptors (Lipinski definition) is 4. The smallest absolute Gasteiger partial charge is 0.276 e. The van der Waals surface area contributed by atoms with Crippen LogP contribution in [-0.4, -0.2) is 31.4 Å². The van der Waals surface area contributed by atoms with Crippen molar-refractivity contribution < 1.29 is 9.59 Å². The van der Waals surface area contributed by atoms with Crippen LogP contribution in [0.4, 0.5) is 11.4 Å². The lowest BCUT2D eigenvalue weighted by molar-refractivity contribution is -0.116. The first kappa shape index (κ1) is 17.7. The van der Waals surface area contributed by atoms with E-state index in [2.05, 4.69) is 20.8 Å². The summed E-state index contributed by atoms with van der Waals surface area (Å²) in [5.74, 6) is -0.429. The number of nitrogens with one attached hydrogen (secondary N) is 2. The van der Waals surface area contributed by atoms with Crippen molar-refractivity contribution in [1.82, 2.24) is 19.6 Å². The number of carbonyl (C=O) groups excluding carboxylic acids is 2. The Bertz CT molecular complexity index is 915. The molecule has 26 heavy (non-hydrogen) atoms. The number of benzene rings is 1. The van der Waals surface area contributed by atoms with Gasteiger partial charge in [0, 0.05) is 43.8 Å². The summed E-state index contributed by atoms with van der Waals surface area (Å²) in [6, 6.07) is 8.50. The molecule has 9 heteroatoms. The lowest BCUT2D eigenvalue weighted by Crippen LogP contribution is -2.15. The molecule has 0 radical (unpaired) electrons. The Kier molecular flexibility index (Phi) is 5.33. The maximum absolute atomic E-state index is 12.0. The van der Waals surface area contributed by atoms with Gasteiger partial charge in [-0.1, -0.05) is 11.6 Å². The molecule has 0 aliphatic heterocycles. The Morgan fingerprint density at radius 3 is 2.38 bits per heavy atom. The van der Waals surface area contributed by atoms with E-state index >= 15 is 0 Å². The number of hydrogen-bond donors (Lipinski definition) is 2. The average molecular weight is 373 g/mol. The Balaban J connectivity index is 1.50. The lowest BCUT2D eigenvalue weighted by atomic mass is 10.2. The highest BCUT2D eigenvalue weighted by Crippen LogP contribution is 2.15. The predicted octanol–water partition coefficient (Wildman–Crippen LogP) is 2.55. The third-order valence-corrected chi connectivity index (χ3v) is 3.74. The first-order valence-corrected chi connectivity index (χ1v) is 8.26. The van der Waals surface area contributed by atoms with Crippen LogP contribution in [0.3, 0.4) is 0 Å². The summed E-state index contributed by atoms with van der Waals surface area (Å²) in [6.45, 7) is 0.441. The fourth-order valence-electron chi connectivity index (χ4n) is 2.27. The molecule has 8 nitrogen and oxygen atoms in total. The molecule has 0 fully saturated rings. The molecule has 0 spiro atoms. The van der Waals surface area contributed by atoms with E-state index in [4.69, 9.17) is 11.6 Å². The van der Waals surface area contributed by atoms with Gasteiger partial charge < -0.3 is 10.6 Å². The van der Waals surface area contributed by atoms with Crippen LogP contribution in [0.25, 0.3) is 0 Å². The zero-order valence-corrected chi connectivity index (χ0v) is 14.8. The van der Waals surface area contributed by atoms with Crippen LogP contribution in [0.15, 0.2) is 48.9 Å². The van der Waals surface area contributed by atoms with Gasteiger partial charge in [0.05, 0.1) is 11.2 Å². The number of carbonyl (C=O) groups is 2. The van der Waals surface area contributed by atoms with Gasteiger partial charge in [-0.15, -0.1) is 0 Å². The fourth-order valence-corrected chi connectivity index (χ4v) is 2.42. The molecule has 2 N–H and O–H groups in total. The number of halogens is 1. The molecule has 0 aliphatic rings. The predicted molar refractivity (Wildman–Crippen MR) is 98.1 cm³/mol. The van der Waals surface area contributed by atoms with Gasteiger partial charge in [0.1, 0.15) is 0 Å². The molecule has 2 heterocycles. The summed E-state index contributed by atoms with van der Waals surface area (Å²) in [5, 5.41) is 14.1. The van der Waals surface area contributed by atoms with Crippen LogP contribution in [0, 0.1) is 0 Å². The summed E-state index contributed by atoms with van der Waals surface area (Å²) >= 11 is 5.78. The number of aryl methyl sites for hydroxylation is 2. The standard InChI is InChI=1S/C17H17ClN6O2/c1-23-8-6-15(22-23)17(26)21-14-4-2-13(3-5-14)20-16(25)7-9-24-11-12(18)10-19-24/h2-6,8,10-11H,7,9H2,1H3,(H,20,25)(H,21,26). The van der Waals surface area contributed by atoms with E-state index in [0.29, 0.717) is 28.6 Å². The number of amides is 2. The maximum atomic E-state index is 12.0. The van der Waals surface area contributed by atoms with Crippen molar-refractivity contribution in [2.45, 2.75) is 13.0 Å². The average Bonchev–Trinajstić information content (AvgIpc) is 3.23. The van der Waals surface area contributed by atoms with E-state index in [1.54, 1.807) is 59.1 Å². The third kappa shape index (κ3) is 4.70. The number of nitrogens with zero attached hydrogens (tertiary/aromatic N) is 4. The molecule has 2 amide bonds. The first-order chi connectivity index (χ1) is 12.5. The van der Waals surface area contributed by atoms with Crippen LogP contribution < -0.4 is 10.6 Å². The normalized spacial score (nSPS) is 10.5. The quantitative estimate of drug-likeness (QED) is 0.695. The molecule has 0 saturated carbocycles. The SMILES string of the molecule is Cn1ccc(C(=O)Nc2ccc(NC(=O)CCn3cc(Cl)cn3)cc2)n1. The molecule has 0 aliphatic carbocycles. The highest BCUT2D eigenvalue weighted by Gasteiger charge is 2.09. The van der Waals surface area contributed by atoms with Gasteiger partial charge in [0.2, 0.25) is 5.91 Å². The van der Waals surface area contributed by atoms with Gasteiger partial charge in [-0.2, -0.15) is 10.2 Å². The van der Waals surface area contributed by atoms with Gasteiger partial charge in [-0.05, 0) is 30.3 Å². The van der Waals surface area contributed by atoms with Crippen molar-refractivity contribution in [3.8, 4) is 0 Å². The highest BCUT2D eigenvalue weighted by molar-refractivity contribution is 6.30. The zero-order chi connectivity index (χ0) is 18.5. The second kappa shape index (κ2) is 7.83. The zero-order valence-electron chi connectivity index (χ0n) is 14.0. The van der Waals surface area contributed by atoms with E-state index in [-0.39, 0.29) is 18.2 Å². The van der Waals surface area contributed by atoms with Gasteiger partial charge in [0.15, 0.2) is 5.69 Å². The van der Waals surface area contributed by atoms with Crippen molar-refractivity contribution in [1.29, 1.82) is 0 Å². The Labute approximate surface area is 154 Å². The van der Waals surface area contributed by atoms with Crippen LogP contribution in [-0.2, 0) is 18.4 Å². The number of rotatable bonds is 6. The van der Waals surface area contributed by atoms with Crippen LogP contribution in [0.5, 0.6) is 0 Å². The lowest BCUT2D eigenvalue weighted by Gasteiger charge is -2.07. The highest BCUT2D eigenvalue weighted by atomic mass is 35.5. The minimum Gasteiger partial charge on any atom is -0.326 e. The van der Waals surface area contributed by atoms with E-state index in [9.17, 15) is 9.59 Å². The Morgan fingerprint density at radius 2 is 1.81 bits per heavy atom. The summed E-state index contributed by atoms with van der Waals surface area (Å²) in [6.07, 6.45) is 5.16. The molecular formula is C17H17ClN6O2. The maximum Gasteiger partial charge on any atom is 0.276 e. The van der Waals surface area contributed by atoms with Crippen molar-refractivity contribution in [2.75, 3.05) is 10.6 Å². The molecule has 1 aromatic carbocycles. The van der Waals surface area contributed by atoms with Crippen molar-refractivity contribution in [2.24, 2.45) is 7.05 Å². The Hall–Kier alpha value is -3.13. The number of anilines is 2. The van der Waals surface area contributed by atoms with Gasteiger partial charge in [0.25, 0.3) is 5.91 Å². The van der Waals surface area contributed by atoms with Crippen molar-refractivity contribution in [3.05, 3.63) is 59.6 Å². The van der Waals surface area contributed by atoms with Crippen LogP contribution in [0.1, 0.15) is 16.9 Å². The molecule has 3 rings (SSSR count). The summed E-state index contributed by atoms with van der Waals surface area (Å²) in [5.41, 5.74) is 1.60. The van der Waals surface area contributed by atoms with E-state index in [1.165, 1.54) is 6.20 Å². The second-order valence-corrected chi connectivity index (χ2v) is 6.06. The van der Waals surface area contributed by atoms with Gasteiger partial charge in [-0.3, -0.25) is 19.0 Å². The van der Waals surface area contributed by atoms with Crippen LogP contribution in [0.2, 0.25) is 5.02 Å². The molecule has 3 aromatic rings.